The number of nitriles is 2. The minimum atomic E-state index is -0.574. The standard InChI is InChI=1S/C17H13N3O2/c1-2-11-3-5-12(6-4-11)10-20-16-13(8-18)7-15(21)17(22)14(16)9-19/h3-7,10,21-22H,2H2,1H3. The fourth-order valence-corrected chi connectivity index (χ4v) is 1.95. The third-order valence-corrected chi connectivity index (χ3v) is 3.22. The zero-order chi connectivity index (χ0) is 16.1. The molecule has 0 saturated carbocycles. The van der Waals surface area contributed by atoms with Gasteiger partial charge in [0.2, 0.25) is 0 Å². The van der Waals surface area contributed by atoms with Crippen LogP contribution in [0.15, 0.2) is 35.3 Å². The molecule has 0 bridgehead atoms. The Balaban J connectivity index is 2.48. The summed E-state index contributed by atoms with van der Waals surface area (Å²) in [5.41, 5.74) is 1.83. The van der Waals surface area contributed by atoms with Crippen LogP contribution >= 0.6 is 0 Å². The second kappa shape index (κ2) is 6.43. The van der Waals surface area contributed by atoms with Gasteiger partial charge in [0.25, 0.3) is 0 Å². The fraction of sp³-hybridized carbons (Fsp3) is 0.118. The molecule has 0 saturated heterocycles. The molecule has 2 aromatic carbocycles. The predicted molar refractivity (Wildman–Crippen MR) is 82.3 cm³/mol. The zero-order valence-electron chi connectivity index (χ0n) is 11.9. The van der Waals surface area contributed by atoms with Crippen LogP contribution in [-0.4, -0.2) is 16.4 Å². The van der Waals surface area contributed by atoms with Gasteiger partial charge in [-0.05, 0) is 17.5 Å². The van der Waals surface area contributed by atoms with Crippen LogP contribution in [0, 0.1) is 22.7 Å². The Morgan fingerprint density at radius 2 is 1.82 bits per heavy atom. The summed E-state index contributed by atoms with van der Waals surface area (Å²) < 4.78 is 0. The number of nitrogens with zero attached hydrogens (tertiary/aromatic N) is 3. The molecule has 0 heterocycles. The van der Waals surface area contributed by atoms with Crippen LogP contribution in [0.4, 0.5) is 5.69 Å². The van der Waals surface area contributed by atoms with Crippen LogP contribution in [0.3, 0.4) is 0 Å². The summed E-state index contributed by atoms with van der Waals surface area (Å²) in [4.78, 5) is 4.13. The van der Waals surface area contributed by atoms with Gasteiger partial charge in [0.15, 0.2) is 11.5 Å². The van der Waals surface area contributed by atoms with Gasteiger partial charge in [-0.15, -0.1) is 0 Å². The lowest BCUT2D eigenvalue weighted by molar-refractivity contribution is 0.402. The minimum absolute atomic E-state index is 0.0216. The largest absolute Gasteiger partial charge is 0.504 e. The molecule has 5 nitrogen and oxygen atoms in total. The molecule has 5 heteroatoms. The number of hydrogen-bond acceptors (Lipinski definition) is 5. The van der Waals surface area contributed by atoms with E-state index < -0.39 is 11.5 Å². The van der Waals surface area contributed by atoms with Gasteiger partial charge in [0.1, 0.15) is 23.4 Å². The Bertz CT molecular complexity index is 810. The van der Waals surface area contributed by atoms with Crippen LogP contribution < -0.4 is 0 Å². The molecular weight excluding hydrogens is 278 g/mol. The minimum Gasteiger partial charge on any atom is -0.504 e. The number of phenolic OH excluding ortho intramolecular Hbond substituents is 2. The van der Waals surface area contributed by atoms with Gasteiger partial charge in [-0.3, -0.25) is 4.99 Å². The third kappa shape index (κ3) is 2.89. The van der Waals surface area contributed by atoms with Gasteiger partial charge >= 0.3 is 0 Å². The van der Waals surface area contributed by atoms with Crippen LogP contribution in [0.5, 0.6) is 11.5 Å². The van der Waals surface area contributed by atoms with Crippen LogP contribution in [0.25, 0.3) is 0 Å². The second-order valence-electron chi connectivity index (χ2n) is 4.59. The predicted octanol–water partition coefficient (Wildman–Crippen LogP) is 3.15. The number of aromatic hydroxyl groups is 2. The van der Waals surface area contributed by atoms with E-state index in [1.165, 1.54) is 11.8 Å². The van der Waals surface area contributed by atoms with Crippen molar-refractivity contribution in [2.24, 2.45) is 4.99 Å². The summed E-state index contributed by atoms with van der Waals surface area (Å²) in [5, 5.41) is 37.4. The molecular formula is C17H13N3O2. The van der Waals surface area contributed by atoms with Crippen molar-refractivity contribution in [3.05, 3.63) is 52.6 Å². The Labute approximate surface area is 128 Å². The topological polar surface area (TPSA) is 100 Å². The van der Waals surface area contributed by atoms with Crippen molar-refractivity contribution in [1.82, 2.24) is 0 Å². The first-order chi connectivity index (χ1) is 10.6. The van der Waals surface area contributed by atoms with Crippen LogP contribution in [0.2, 0.25) is 0 Å². The van der Waals surface area contributed by atoms with Crippen molar-refractivity contribution in [2.75, 3.05) is 0 Å². The first kappa shape index (κ1) is 15.1. The molecule has 2 N–H and O–H groups in total. The highest BCUT2D eigenvalue weighted by atomic mass is 16.3. The lowest BCUT2D eigenvalue weighted by atomic mass is 10.1. The molecule has 108 valence electrons. The van der Waals surface area contributed by atoms with Crippen LogP contribution in [0.1, 0.15) is 29.2 Å². The van der Waals surface area contributed by atoms with E-state index in [4.69, 9.17) is 10.5 Å². The first-order valence-electron chi connectivity index (χ1n) is 6.62. The summed E-state index contributed by atoms with van der Waals surface area (Å²) in [6.07, 6.45) is 2.44. The Morgan fingerprint density at radius 1 is 1.14 bits per heavy atom. The quantitative estimate of drug-likeness (QED) is 0.670. The van der Waals surface area contributed by atoms with Crippen molar-refractivity contribution < 1.29 is 10.2 Å². The number of hydrogen-bond donors (Lipinski definition) is 2. The maximum absolute atomic E-state index is 9.71. The molecule has 0 aliphatic rings. The highest BCUT2D eigenvalue weighted by Crippen LogP contribution is 2.38. The summed E-state index contributed by atoms with van der Waals surface area (Å²) in [6.45, 7) is 2.06. The molecule has 0 amide bonds. The monoisotopic (exact) mass is 291 g/mol. The van der Waals surface area contributed by atoms with E-state index in [1.54, 1.807) is 6.07 Å². The fourth-order valence-electron chi connectivity index (χ4n) is 1.95. The normalized spacial score (nSPS) is 10.3. The van der Waals surface area contributed by atoms with Gasteiger partial charge in [-0.1, -0.05) is 31.2 Å². The molecule has 0 atom stereocenters. The molecule has 0 aliphatic heterocycles. The van der Waals surface area contributed by atoms with E-state index >= 15 is 0 Å². The van der Waals surface area contributed by atoms with Crippen molar-refractivity contribution in [1.29, 1.82) is 10.5 Å². The summed E-state index contributed by atoms with van der Waals surface area (Å²) >= 11 is 0. The van der Waals surface area contributed by atoms with E-state index in [9.17, 15) is 10.2 Å². The zero-order valence-corrected chi connectivity index (χ0v) is 11.9. The summed E-state index contributed by atoms with van der Waals surface area (Å²) in [6, 6.07) is 12.4. The molecule has 2 rings (SSSR count). The van der Waals surface area contributed by atoms with E-state index in [0.717, 1.165) is 18.1 Å². The smallest absolute Gasteiger partial charge is 0.177 e. The lowest BCUT2D eigenvalue weighted by Crippen LogP contribution is -1.88. The number of rotatable bonds is 3. The summed E-state index contributed by atoms with van der Waals surface area (Å²) in [7, 11) is 0. The maximum atomic E-state index is 9.71. The van der Waals surface area contributed by atoms with Gasteiger partial charge < -0.3 is 10.2 Å². The Hall–Kier alpha value is -3.31. The summed E-state index contributed by atoms with van der Waals surface area (Å²) in [5.74, 6) is -1.09. The molecule has 0 spiro atoms. The molecule has 0 unspecified atom stereocenters. The Morgan fingerprint density at radius 3 is 2.36 bits per heavy atom. The molecule has 2 aromatic rings. The first-order valence-corrected chi connectivity index (χ1v) is 6.62. The van der Waals surface area contributed by atoms with Gasteiger partial charge in [0, 0.05) is 12.3 Å². The van der Waals surface area contributed by atoms with E-state index in [0.29, 0.717) is 0 Å². The van der Waals surface area contributed by atoms with Crippen molar-refractivity contribution in [3.63, 3.8) is 0 Å². The molecule has 22 heavy (non-hydrogen) atoms. The number of aryl methyl sites for hydroxylation is 1. The van der Waals surface area contributed by atoms with Crippen molar-refractivity contribution >= 4 is 11.9 Å². The lowest BCUT2D eigenvalue weighted by Gasteiger charge is -2.05. The molecule has 0 aromatic heterocycles. The van der Waals surface area contributed by atoms with Gasteiger partial charge in [0.05, 0.1) is 5.56 Å². The average molecular weight is 291 g/mol. The van der Waals surface area contributed by atoms with E-state index in [-0.39, 0.29) is 16.8 Å². The molecule has 0 fully saturated rings. The molecule has 0 aliphatic carbocycles. The second-order valence-corrected chi connectivity index (χ2v) is 4.59. The van der Waals surface area contributed by atoms with Crippen molar-refractivity contribution in [2.45, 2.75) is 13.3 Å². The van der Waals surface area contributed by atoms with Gasteiger partial charge in [-0.25, -0.2) is 0 Å². The number of phenols is 2. The van der Waals surface area contributed by atoms with Crippen LogP contribution in [-0.2, 0) is 6.42 Å². The van der Waals surface area contributed by atoms with E-state index in [2.05, 4.69) is 11.9 Å². The average Bonchev–Trinajstić information content (AvgIpc) is 2.55. The third-order valence-electron chi connectivity index (χ3n) is 3.22. The van der Waals surface area contributed by atoms with Crippen molar-refractivity contribution in [3.8, 4) is 23.6 Å². The SMILES string of the molecule is CCc1ccc(C=Nc2c(C#N)cc(O)c(O)c2C#N)cc1. The highest BCUT2D eigenvalue weighted by molar-refractivity contribution is 5.85. The number of benzene rings is 2. The molecule has 0 radical (unpaired) electrons. The maximum Gasteiger partial charge on any atom is 0.177 e. The highest BCUT2D eigenvalue weighted by Gasteiger charge is 2.16. The van der Waals surface area contributed by atoms with Gasteiger partial charge in [-0.2, -0.15) is 10.5 Å². The van der Waals surface area contributed by atoms with E-state index in [1.807, 2.05) is 30.3 Å². The Kier molecular flexibility index (Phi) is 4.41. The number of aliphatic imine (C=N–C) groups is 1.